The minimum atomic E-state index is -0.604. The van der Waals surface area contributed by atoms with Crippen molar-refractivity contribution in [3.8, 4) is 5.75 Å². The molecule has 3 amide bonds. The first kappa shape index (κ1) is 17.3. The van der Waals surface area contributed by atoms with Gasteiger partial charge in [0.2, 0.25) is 5.91 Å². The molecule has 0 aromatic heterocycles. The molecular weight excluding hydrogens is 306 g/mol. The third-order valence-corrected chi connectivity index (χ3v) is 3.22. The first-order valence-corrected chi connectivity index (χ1v) is 7.75. The second kappa shape index (κ2) is 8.57. The Hall–Kier alpha value is -3.02. The van der Waals surface area contributed by atoms with E-state index in [4.69, 9.17) is 4.74 Å². The molecule has 2 aromatic carbocycles. The number of anilines is 2. The van der Waals surface area contributed by atoms with Crippen LogP contribution in [-0.4, -0.2) is 24.6 Å². The quantitative estimate of drug-likeness (QED) is 0.761. The zero-order valence-corrected chi connectivity index (χ0v) is 13.7. The largest absolute Gasteiger partial charge is 0.492 e. The van der Waals surface area contributed by atoms with Crippen molar-refractivity contribution in [3.05, 3.63) is 54.6 Å². The Morgan fingerprint density at radius 1 is 1.04 bits per heavy atom. The van der Waals surface area contributed by atoms with E-state index in [0.29, 0.717) is 23.7 Å². The average molecular weight is 327 g/mol. The molecule has 0 heterocycles. The number of carbonyl (C=O) groups is 2. The first-order valence-electron chi connectivity index (χ1n) is 7.75. The highest BCUT2D eigenvalue weighted by Crippen LogP contribution is 2.24. The topological polar surface area (TPSA) is 79.5 Å². The van der Waals surface area contributed by atoms with Gasteiger partial charge in [0.05, 0.1) is 12.3 Å². The summed E-state index contributed by atoms with van der Waals surface area (Å²) in [5, 5.41) is 7.95. The number of hydrogen-bond donors (Lipinski definition) is 3. The number of hydrogen-bond acceptors (Lipinski definition) is 4. The first-order chi connectivity index (χ1) is 11.6. The molecule has 126 valence electrons. The van der Waals surface area contributed by atoms with E-state index in [1.165, 1.54) is 0 Å². The minimum absolute atomic E-state index is 0.435. The van der Waals surface area contributed by atoms with Gasteiger partial charge < -0.3 is 15.4 Å². The molecule has 0 saturated carbocycles. The van der Waals surface area contributed by atoms with Crippen molar-refractivity contribution >= 4 is 23.3 Å². The van der Waals surface area contributed by atoms with E-state index in [2.05, 4.69) is 16.0 Å². The summed E-state index contributed by atoms with van der Waals surface area (Å²) in [7, 11) is 0. The van der Waals surface area contributed by atoms with Crippen LogP contribution in [0.15, 0.2) is 54.6 Å². The highest BCUT2D eigenvalue weighted by Gasteiger charge is 2.17. The minimum Gasteiger partial charge on any atom is -0.492 e. The molecule has 24 heavy (non-hydrogen) atoms. The third-order valence-electron chi connectivity index (χ3n) is 3.22. The fourth-order valence-electron chi connectivity index (χ4n) is 2.07. The van der Waals surface area contributed by atoms with Crippen molar-refractivity contribution < 1.29 is 14.3 Å². The zero-order chi connectivity index (χ0) is 17.4. The molecule has 0 spiro atoms. The molecule has 1 atom stereocenters. The van der Waals surface area contributed by atoms with Gasteiger partial charge in [-0.15, -0.1) is 0 Å². The number of rotatable bonds is 6. The molecule has 0 aliphatic rings. The number of urea groups is 1. The van der Waals surface area contributed by atoms with Gasteiger partial charge >= 0.3 is 6.03 Å². The van der Waals surface area contributed by atoms with Crippen LogP contribution in [0.3, 0.4) is 0 Å². The van der Waals surface area contributed by atoms with Crippen LogP contribution in [0.2, 0.25) is 0 Å². The van der Waals surface area contributed by atoms with E-state index < -0.39 is 18.0 Å². The summed E-state index contributed by atoms with van der Waals surface area (Å²) < 4.78 is 5.50. The Morgan fingerprint density at radius 3 is 2.42 bits per heavy atom. The summed E-state index contributed by atoms with van der Waals surface area (Å²) >= 11 is 0. The van der Waals surface area contributed by atoms with Crippen LogP contribution in [0.1, 0.15) is 13.8 Å². The molecule has 3 N–H and O–H groups in total. The van der Waals surface area contributed by atoms with Crippen molar-refractivity contribution in [1.29, 1.82) is 0 Å². The molecule has 0 aliphatic heterocycles. The van der Waals surface area contributed by atoms with E-state index in [-0.39, 0.29) is 0 Å². The maximum absolute atomic E-state index is 12.1. The van der Waals surface area contributed by atoms with Crippen LogP contribution in [-0.2, 0) is 4.79 Å². The summed E-state index contributed by atoms with van der Waals surface area (Å²) in [6, 6.07) is 15.1. The lowest BCUT2D eigenvalue weighted by molar-refractivity contribution is -0.120. The van der Waals surface area contributed by atoms with Gasteiger partial charge in [0.1, 0.15) is 11.8 Å². The molecule has 0 radical (unpaired) electrons. The molecule has 6 nitrogen and oxygen atoms in total. The third kappa shape index (κ3) is 5.01. The van der Waals surface area contributed by atoms with Crippen molar-refractivity contribution in [2.24, 2.45) is 0 Å². The SMILES string of the molecule is CCOc1ccccc1N[C@H](C)C(=O)NC(=O)Nc1ccccc1. The van der Waals surface area contributed by atoms with Gasteiger partial charge in [-0.25, -0.2) is 4.79 Å². The van der Waals surface area contributed by atoms with Crippen LogP contribution in [0, 0.1) is 0 Å². The van der Waals surface area contributed by atoms with E-state index in [0.717, 1.165) is 0 Å². The Kier molecular flexibility index (Phi) is 6.19. The molecule has 0 saturated heterocycles. The van der Waals surface area contributed by atoms with Gasteiger partial charge in [0, 0.05) is 5.69 Å². The number of imide groups is 1. The smallest absolute Gasteiger partial charge is 0.325 e. The standard InChI is InChI=1S/C18H21N3O3/c1-3-24-16-12-8-7-11-15(16)19-13(2)17(22)21-18(23)20-14-9-5-4-6-10-14/h4-13,19H,3H2,1-2H3,(H2,20,21,22,23)/t13-/m1/s1. The normalized spacial score (nSPS) is 11.2. The fourth-order valence-corrected chi connectivity index (χ4v) is 2.07. The summed E-state index contributed by atoms with van der Waals surface area (Å²) in [6.07, 6.45) is 0. The van der Waals surface area contributed by atoms with Crippen LogP contribution < -0.4 is 20.7 Å². The molecule has 0 unspecified atom stereocenters. The summed E-state index contributed by atoms with van der Waals surface area (Å²) in [4.78, 5) is 24.0. The number of para-hydroxylation sites is 3. The summed E-state index contributed by atoms with van der Waals surface area (Å²) in [5.41, 5.74) is 1.32. The highest BCUT2D eigenvalue weighted by atomic mass is 16.5. The second-order valence-corrected chi connectivity index (χ2v) is 5.10. The predicted octanol–water partition coefficient (Wildman–Crippen LogP) is 3.23. The molecule has 2 aromatic rings. The van der Waals surface area contributed by atoms with Gasteiger partial charge in [-0.2, -0.15) is 0 Å². The molecule has 0 bridgehead atoms. The molecule has 6 heteroatoms. The second-order valence-electron chi connectivity index (χ2n) is 5.10. The van der Waals surface area contributed by atoms with E-state index in [1.807, 2.05) is 37.3 Å². The Bertz CT molecular complexity index is 689. The Labute approximate surface area is 141 Å². The number of nitrogens with one attached hydrogen (secondary N) is 3. The van der Waals surface area contributed by atoms with E-state index in [9.17, 15) is 9.59 Å². The molecule has 0 fully saturated rings. The average Bonchev–Trinajstić information content (AvgIpc) is 2.57. The van der Waals surface area contributed by atoms with Crippen LogP contribution in [0.4, 0.5) is 16.2 Å². The number of benzene rings is 2. The number of carbonyl (C=O) groups excluding carboxylic acids is 2. The molecule has 0 aliphatic carbocycles. The maximum Gasteiger partial charge on any atom is 0.325 e. The van der Waals surface area contributed by atoms with Gasteiger partial charge in [-0.3, -0.25) is 10.1 Å². The summed E-state index contributed by atoms with van der Waals surface area (Å²) in [6.45, 7) is 4.09. The lowest BCUT2D eigenvalue weighted by Gasteiger charge is -2.17. The summed E-state index contributed by atoms with van der Waals surface area (Å²) in [5.74, 6) is 0.225. The van der Waals surface area contributed by atoms with Gasteiger partial charge in [0.15, 0.2) is 0 Å². The number of ether oxygens (including phenoxy) is 1. The van der Waals surface area contributed by atoms with Crippen LogP contribution >= 0.6 is 0 Å². The van der Waals surface area contributed by atoms with Gasteiger partial charge in [-0.05, 0) is 38.1 Å². The van der Waals surface area contributed by atoms with Crippen LogP contribution in [0.25, 0.3) is 0 Å². The van der Waals surface area contributed by atoms with E-state index >= 15 is 0 Å². The fraction of sp³-hybridized carbons (Fsp3) is 0.222. The predicted molar refractivity (Wildman–Crippen MR) is 94.3 cm³/mol. The van der Waals surface area contributed by atoms with Gasteiger partial charge in [0.25, 0.3) is 0 Å². The van der Waals surface area contributed by atoms with Crippen LogP contribution in [0.5, 0.6) is 5.75 Å². The zero-order valence-electron chi connectivity index (χ0n) is 13.7. The maximum atomic E-state index is 12.1. The monoisotopic (exact) mass is 327 g/mol. The Balaban J connectivity index is 1.91. The molecular formula is C18H21N3O3. The lowest BCUT2D eigenvalue weighted by atomic mass is 10.2. The van der Waals surface area contributed by atoms with Gasteiger partial charge in [-0.1, -0.05) is 30.3 Å². The van der Waals surface area contributed by atoms with Crippen molar-refractivity contribution in [2.75, 3.05) is 17.2 Å². The highest BCUT2D eigenvalue weighted by molar-refractivity contribution is 6.03. The Morgan fingerprint density at radius 2 is 1.71 bits per heavy atom. The van der Waals surface area contributed by atoms with Crippen molar-refractivity contribution in [1.82, 2.24) is 5.32 Å². The van der Waals surface area contributed by atoms with Crippen molar-refractivity contribution in [3.63, 3.8) is 0 Å². The van der Waals surface area contributed by atoms with E-state index in [1.54, 1.807) is 31.2 Å². The molecule has 2 rings (SSSR count). The lowest BCUT2D eigenvalue weighted by Crippen LogP contribution is -2.43. The number of amides is 3. The van der Waals surface area contributed by atoms with Crippen molar-refractivity contribution in [2.45, 2.75) is 19.9 Å².